The molecule has 5 heteroatoms. The van der Waals surface area contributed by atoms with Crippen molar-refractivity contribution in [2.45, 2.75) is 238 Å². The van der Waals surface area contributed by atoms with Crippen LogP contribution in [0.15, 0.2) is 60.8 Å². The minimum absolute atomic E-state index is 0.00455. The van der Waals surface area contributed by atoms with Crippen molar-refractivity contribution in [2.24, 2.45) is 0 Å². The predicted octanol–water partition coefficient (Wildman–Crippen LogP) is 13.5. The Bertz CT molecular complexity index is 923. The van der Waals surface area contributed by atoms with Crippen molar-refractivity contribution in [3.05, 3.63) is 60.8 Å². The lowest BCUT2D eigenvalue weighted by Gasteiger charge is -2.21. The zero-order valence-electron chi connectivity index (χ0n) is 35.6. The first-order valence-electron chi connectivity index (χ1n) is 23.1. The number of aliphatic hydroxyl groups is 3. The number of nitrogens with one attached hydrogen (secondary N) is 1. The highest BCUT2D eigenvalue weighted by molar-refractivity contribution is 5.76. The Labute approximate surface area is 335 Å². The first-order valence-corrected chi connectivity index (χ1v) is 23.1. The smallest absolute Gasteiger partial charge is 0.222 e. The molecule has 0 aliphatic heterocycles. The summed E-state index contributed by atoms with van der Waals surface area (Å²) in [5.74, 6) is -0.335. The molecule has 0 rings (SSSR count). The standard InChI is InChI=1S/C49H89NO4/c1-3-5-7-9-11-13-15-17-19-21-22-23-24-25-27-29-31-33-35-37-39-41-43-48(53)47(45-51)50-49(54)44-46(52)42-40-38-36-34-32-30-28-26-20-18-16-14-12-10-8-6-4-2/h12,14,16,18,25,27,33,35,41,43,46-48,51-53H,3-11,13,15,17,19-24,26,28-32,34,36-40,42,44-45H2,1-2H3,(H,50,54)/b14-12-,18-16-,27-25+,35-33+,43-41+. The zero-order chi connectivity index (χ0) is 39.4. The Morgan fingerprint density at radius 2 is 0.852 bits per heavy atom. The average molecular weight is 756 g/mol. The van der Waals surface area contributed by atoms with E-state index >= 15 is 0 Å². The van der Waals surface area contributed by atoms with Crippen LogP contribution in [-0.2, 0) is 4.79 Å². The van der Waals surface area contributed by atoms with Gasteiger partial charge in [0.15, 0.2) is 0 Å². The van der Waals surface area contributed by atoms with E-state index in [2.05, 4.69) is 67.8 Å². The van der Waals surface area contributed by atoms with Gasteiger partial charge in [-0.1, -0.05) is 203 Å². The molecule has 314 valence electrons. The van der Waals surface area contributed by atoms with Crippen molar-refractivity contribution < 1.29 is 20.1 Å². The number of carbonyl (C=O) groups excluding carboxylic acids is 1. The van der Waals surface area contributed by atoms with Crippen LogP contribution in [0.1, 0.15) is 219 Å². The lowest BCUT2D eigenvalue weighted by molar-refractivity contribution is -0.124. The molecule has 0 aliphatic carbocycles. The summed E-state index contributed by atoms with van der Waals surface area (Å²) in [6, 6.07) is -0.772. The Balaban J connectivity index is 3.75. The highest BCUT2D eigenvalue weighted by atomic mass is 16.3. The van der Waals surface area contributed by atoms with Crippen LogP contribution in [0.25, 0.3) is 0 Å². The van der Waals surface area contributed by atoms with Gasteiger partial charge in [-0.05, 0) is 70.6 Å². The molecule has 1 amide bonds. The van der Waals surface area contributed by atoms with E-state index in [0.29, 0.717) is 6.42 Å². The van der Waals surface area contributed by atoms with Crippen LogP contribution < -0.4 is 5.32 Å². The summed E-state index contributed by atoms with van der Waals surface area (Å²) in [5.41, 5.74) is 0. The molecular weight excluding hydrogens is 667 g/mol. The van der Waals surface area contributed by atoms with Crippen LogP contribution in [0.3, 0.4) is 0 Å². The van der Waals surface area contributed by atoms with Gasteiger partial charge in [0.05, 0.1) is 31.3 Å². The number of rotatable bonds is 41. The fourth-order valence-corrected chi connectivity index (χ4v) is 6.71. The SMILES string of the molecule is CCCCC/C=C\C=C/CCCCCCCCCCC(O)CC(=O)NC(CO)C(O)/C=C/CC/C=C/CC/C=C/CCCCCCCCCCCCCC. The molecule has 3 atom stereocenters. The summed E-state index contributed by atoms with van der Waals surface area (Å²) in [7, 11) is 0. The van der Waals surface area contributed by atoms with E-state index < -0.39 is 18.2 Å². The van der Waals surface area contributed by atoms with Crippen LogP contribution in [0.2, 0.25) is 0 Å². The number of unbranched alkanes of at least 4 members (excludes halogenated alkanes) is 25. The van der Waals surface area contributed by atoms with Gasteiger partial charge in [0.25, 0.3) is 0 Å². The molecule has 0 spiro atoms. The van der Waals surface area contributed by atoms with E-state index in [1.165, 1.54) is 148 Å². The summed E-state index contributed by atoms with van der Waals surface area (Å²) in [5, 5.41) is 33.2. The second-order valence-electron chi connectivity index (χ2n) is 15.7. The summed E-state index contributed by atoms with van der Waals surface area (Å²) in [6.07, 6.45) is 57.9. The fraction of sp³-hybridized carbons (Fsp3) is 0.776. The largest absolute Gasteiger partial charge is 0.394 e. The molecule has 0 saturated heterocycles. The number of hydrogen-bond acceptors (Lipinski definition) is 4. The maximum Gasteiger partial charge on any atom is 0.222 e. The molecule has 0 fully saturated rings. The van der Waals surface area contributed by atoms with Gasteiger partial charge < -0.3 is 20.6 Å². The number of amides is 1. The van der Waals surface area contributed by atoms with Crippen LogP contribution in [-0.4, -0.2) is 46.1 Å². The molecule has 5 nitrogen and oxygen atoms in total. The molecule has 3 unspecified atom stereocenters. The van der Waals surface area contributed by atoms with E-state index in [0.717, 1.165) is 44.9 Å². The third-order valence-electron chi connectivity index (χ3n) is 10.3. The number of hydrogen-bond donors (Lipinski definition) is 4. The van der Waals surface area contributed by atoms with E-state index in [-0.39, 0.29) is 18.9 Å². The normalized spacial score (nSPS) is 14.1. The Kier molecular flexibility index (Phi) is 42.2. The van der Waals surface area contributed by atoms with E-state index in [4.69, 9.17) is 0 Å². The highest BCUT2D eigenvalue weighted by Gasteiger charge is 2.20. The van der Waals surface area contributed by atoms with Crippen molar-refractivity contribution in [1.29, 1.82) is 0 Å². The van der Waals surface area contributed by atoms with Crippen LogP contribution in [0, 0.1) is 0 Å². The quantitative estimate of drug-likeness (QED) is 0.0284. The van der Waals surface area contributed by atoms with Gasteiger partial charge >= 0.3 is 0 Å². The van der Waals surface area contributed by atoms with Crippen molar-refractivity contribution in [1.82, 2.24) is 5.32 Å². The van der Waals surface area contributed by atoms with Gasteiger partial charge in [-0.2, -0.15) is 0 Å². The maximum absolute atomic E-state index is 12.4. The molecule has 54 heavy (non-hydrogen) atoms. The van der Waals surface area contributed by atoms with Gasteiger partial charge in [-0.3, -0.25) is 4.79 Å². The van der Waals surface area contributed by atoms with E-state index in [1.54, 1.807) is 6.08 Å². The minimum atomic E-state index is -0.964. The third-order valence-corrected chi connectivity index (χ3v) is 10.3. The lowest BCUT2D eigenvalue weighted by Crippen LogP contribution is -2.45. The van der Waals surface area contributed by atoms with Crippen molar-refractivity contribution in [3.63, 3.8) is 0 Å². The lowest BCUT2D eigenvalue weighted by atomic mass is 10.0. The molecule has 0 aromatic carbocycles. The number of aliphatic hydroxyl groups excluding tert-OH is 3. The van der Waals surface area contributed by atoms with Crippen molar-refractivity contribution in [2.75, 3.05) is 6.61 Å². The van der Waals surface area contributed by atoms with Crippen LogP contribution in [0.4, 0.5) is 0 Å². The summed E-state index contributed by atoms with van der Waals surface area (Å²) >= 11 is 0. The molecule has 4 N–H and O–H groups in total. The summed E-state index contributed by atoms with van der Waals surface area (Å²) in [4.78, 5) is 12.4. The summed E-state index contributed by atoms with van der Waals surface area (Å²) < 4.78 is 0. The topological polar surface area (TPSA) is 89.8 Å². The molecule has 0 aliphatic rings. The second kappa shape index (κ2) is 43.8. The van der Waals surface area contributed by atoms with Gasteiger partial charge in [0.2, 0.25) is 5.91 Å². The summed E-state index contributed by atoms with van der Waals surface area (Å²) in [6.45, 7) is 4.17. The van der Waals surface area contributed by atoms with Gasteiger partial charge in [0.1, 0.15) is 0 Å². The predicted molar refractivity (Wildman–Crippen MR) is 236 cm³/mol. The zero-order valence-corrected chi connectivity index (χ0v) is 35.6. The Hall–Kier alpha value is -1.95. The van der Waals surface area contributed by atoms with Gasteiger partial charge in [-0.25, -0.2) is 0 Å². The molecule has 0 radical (unpaired) electrons. The van der Waals surface area contributed by atoms with Crippen LogP contribution in [0.5, 0.6) is 0 Å². The maximum atomic E-state index is 12.4. The first kappa shape index (κ1) is 52.0. The van der Waals surface area contributed by atoms with Crippen molar-refractivity contribution >= 4 is 5.91 Å². The molecule has 0 heterocycles. The minimum Gasteiger partial charge on any atom is -0.394 e. The van der Waals surface area contributed by atoms with E-state index in [1.807, 2.05) is 6.08 Å². The van der Waals surface area contributed by atoms with Gasteiger partial charge in [-0.15, -0.1) is 0 Å². The number of carbonyl (C=O) groups is 1. The molecule has 0 aromatic heterocycles. The molecular formula is C49H89NO4. The van der Waals surface area contributed by atoms with E-state index in [9.17, 15) is 20.1 Å². The fourth-order valence-electron chi connectivity index (χ4n) is 6.71. The average Bonchev–Trinajstić information content (AvgIpc) is 3.16. The molecule has 0 aromatic rings. The molecule has 0 bridgehead atoms. The van der Waals surface area contributed by atoms with Crippen LogP contribution >= 0.6 is 0 Å². The molecule has 0 saturated carbocycles. The van der Waals surface area contributed by atoms with Crippen molar-refractivity contribution in [3.8, 4) is 0 Å². The monoisotopic (exact) mass is 756 g/mol. The third kappa shape index (κ3) is 39.7. The first-order chi connectivity index (χ1) is 26.5. The Morgan fingerprint density at radius 3 is 1.33 bits per heavy atom. The highest BCUT2D eigenvalue weighted by Crippen LogP contribution is 2.14. The Morgan fingerprint density at radius 1 is 0.481 bits per heavy atom. The number of allylic oxidation sites excluding steroid dienone is 9. The van der Waals surface area contributed by atoms with Gasteiger partial charge in [0, 0.05) is 0 Å². The second-order valence-corrected chi connectivity index (χ2v) is 15.7.